The van der Waals surface area contributed by atoms with Gasteiger partial charge in [-0.15, -0.1) is 0 Å². The standard InChI is InChI=1S/C18H18N4O2S/c1-13(2)14-4-3-5-17(8-14)25(23,24)22-18-7-6-15(11-21-18)16-9-19-12-20-10-16/h3-13H,1-2H3,(H,21,22). The van der Waals surface area contributed by atoms with Crippen molar-refractivity contribution in [3.05, 3.63) is 66.9 Å². The van der Waals surface area contributed by atoms with Crippen LogP contribution in [0, 0.1) is 0 Å². The predicted octanol–water partition coefficient (Wildman–Crippen LogP) is 3.46. The average Bonchev–Trinajstić information content (AvgIpc) is 2.63. The highest BCUT2D eigenvalue weighted by molar-refractivity contribution is 7.92. The van der Waals surface area contributed by atoms with Gasteiger partial charge in [0.05, 0.1) is 4.90 Å². The molecular formula is C18H18N4O2S. The van der Waals surface area contributed by atoms with E-state index >= 15 is 0 Å². The minimum atomic E-state index is -3.68. The summed E-state index contributed by atoms with van der Waals surface area (Å²) in [5.74, 6) is 0.510. The van der Waals surface area contributed by atoms with Gasteiger partial charge in [-0.3, -0.25) is 4.72 Å². The zero-order chi connectivity index (χ0) is 17.9. The Hall–Kier alpha value is -2.80. The first-order valence-corrected chi connectivity index (χ1v) is 9.28. The van der Waals surface area contributed by atoms with Crippen molar-refractivity contribution < 1.29 is 8.42 Å². The Morgan fingerprint density at radius 2 is 1.72 bits per heavy atom. The molecule has 0 radical (unpaired) electrons. The third-order valence-corrected chi connectivity index (χ3v) is 5.08. The first-order valence-electron chi connectivity index (χ1n) is 7.80. The summed E-state index contributed by atoms with van der Waals surface area (Å²) in [5.41, 5.74) is 2.59. The van der Waals surface area contributed by atoms with E-state index in [1.807, 2.05) is 19.9 Å². The molecular weight excluding hydrogens is 336 g/mol. The maximum absolute atomic E-state index is 12.6. The molecule has 2 aromatic heterocycles. The van der Waals surface area contributed by atoms with Crippen LogP contribution in [0.2, 0.25) is 0 Å². The number of hydrogen-bond donors (Lipinski definition) is 1. The molecule has 0 saturated heterocycles. The zero-order valence-corrected chi connectivity index (χ0v) is 14.7. The maximum atomic E-state index is 12.6. The number of sulfonamides is 1. The Morgan fingerprint density at radius 1 is 0.960 bits per heavy atom. The molecule has 1 N–H and O–H groups in total. The summed E-state index contributed by atoms with van der Waals surface area (Å²) in [5, 5.41) is 0. The number of benzene rings is 1. The van der Waals surface area contributed by atoms with Crippen LogP contribution < -0.4 is 4.72 Å². The molecule has 0 aliphatic heterocycles. The van der Waals surface area contributed by atoms with E-state index in [0.29, 0.717) is 0 Å². The third kappa shape index (κ3) is 4.00. The van der Waals surface area contributed by atoms with Crippen LogP contribution in [0.15, 0.2) is 66.2 Å². The van der Waals surface area contributed by atoms with E-state index in [4.69, 9.17) is 0 Å². The molecule has 0 atom stereocenters. The third-order valence-electron chi connectivity index (χ3n) is 3.73. The van der Waals surface area contributed by atoms with Crippen molar-refractivity contribution in [2.24, 2.45) is 0 Å². The number of nitrogens with zero attached hydrogens (tertiary/aromatic N) is 3. The van der Waals surface area contributed by atoms with Crippen LogP contribution in [-0.4, -0.2) is 23.4 Å². The Labute approximate surface area is 147 Å². The highest BCUT2D eigenvalue weighted by Gasteiger charge is 2.16. The number of pyridine rings is 1. The molecule has 0 bridgehead atoms. The summed E-state index contributed by atoms with van der Waals surface area (Å²) in [4.78, 5) is 12.3. The minimum Gasteiger partial charge on any atom is -0.263 e. The summed E-state index contributed by atoms with van der Waals surface area (Å²) < 4.78 is 27.6. The van der Waals surface area contributed by atoms with Crippen LogP contribution in [0.25, 0.3) is 11.1 Å². The molecule has 128 valence electrons. The van der Waals surface area contributed by atoms with Gasteiger partial charge in [-0.25, -0.2) is 23.4 Å². The normalized spacial score (nSPS) is 11.5. The van der Waals surface area contributed by atoms with E-state index in [-0.39, 0.29) is 16.6 Å². The van der Waals surface area contributed by atoms with Crippen LogP contribution in [0.5, 0.6) is 0 Å². The molecule has 7 heteroatoms. The zero-order valence-electron chi connectivity index (χ0n) is 13.9. The number of anilines is 1. The van der Waals surface area contributed by atoms with Crippen molar-refractivity contribution >= 4 is 15.8 Å². The van der Waals surface area contributed by atoms with Crippen LogP contribution in [-0.2, 0) is 10.0 Å². The average molecular weight is 354 g/mol. The lowest BCUT2D eigenvalue weighted by Crippen LogP contribution is -2.14. The molecule has 1 aromatic carbocycles. The molecule has 2 heterocycles. The number of rotatable bonds is 5. The summed E-state index contributed by atoms with van der Waals surface area (Å²) in [7, 11) is -3.68. The second-order valence-electron chi connectivity index (χ2n) is 5.89. The van der Waals surface area contributed by atoms with Crippen molar-refractivity contribution in [1.82, 2.24) is 15.0 Å². The van der Waals surface area contributed by atoms with E-state index in [2.05, 4.69) is 19.7 Å². The van der Waals surface area contributed by atoms with Crippen molar-refractivity contribution in [3.8, 4) is 11.1 Å². The highest BCUT2D eigenvalue weighted by Crippen LogP contribution is 2.22. The fraction of sp³-hybridized carbons (Fsp3) is 0.167. The van der Waals surface area contributed by atoms with Gasteiger partial charge >= 0.3 is 0 Å². The molecule has 3 aromatic rings. The lowest BCUT2D eigenvalue weighted by molar-refractivity contribution is 0.601. The quantitative estimate of drug-likeness (QED) is 0.758. The van der Waals surface area contributed by atoms with Gasteiger partial charge in [0, 0.05) is 29.7 Å². The van der Waals surface area contributed by atoms with E-state index in [0.717, 1.165) is 16.7 Å². The van der Waals surface area contributed by atoms with Crippen LogP contribution in [0.3, 0.4) is 0 Å². The van der Waals surface area contributed by atoms with Gasteiger partial charge in [-0.1, -0.05) is 26.0 Å². The lowest BCUT2D eigenvalue weighted by Gasteiger charge is -2.11. The second-order valence-corrected chi connectivity index (χ2v) is 7.57. The van der Waals surface area contributed by atoms with Gasteiger partial charge in [0.1, 0.15) is 12.1 Å². The molecule has 0 aliphatic carbocycles. The van der Waals surface area contributed by atoms with Gasteiger partial charge < -0.3 is 0 Å². The highest BCUT2D eigenvalue weighted by atomic mass is 32.2. The molecule has 3 rings (SSSR count). The van der Waals surface area contributed by atoms with E-state index in [9.17, 15) is 8.42 Å². The van der Waals surface area contributed by atoms with Crippen LogP contribution in [0.4, 0.5) is 5.82 Å². The smallest absolute Gasteiger partial charge is 0.263 e. The fourth-order valence-corrected chi connectivity index (χ4v) is 3.37. The van der Waals surface area contributed by atoms with Gasteiger partial charge in [0.25, 0.3) is 10.0 Å². The van der Waals surface area contributed by atoms with Gasteiger partial charge in [-0.05, 0) is 35.7 Å². The minimum absolute atomic E-state index is 0.223. The maximum Gasteiger partial charge on any atom is 0.263 e. The molecule has 0 saturated carbocycles. The first-order chi connectivity index (χ1) is 12.0. The first kappa shape index (κ1) is 17.0. The molecule has 25 heavy (non-hydrogen) atoms. The Bertz CT molecular complexity index is 956. The molecule has 0 aliphatic rings. The molecule has 0 amide bonds. The molecule has 0 spiro atoms. The lowest BCUT2D eigenvalue weighted by atomic mass is 10.0. The van der Waals surface area contributed by atoms with Gasteiger partial charge in [0.2, 0.25) is 0 Å². The predicted molar refractivity (Wildman–Crippen MR) is 96.6 cm³/mol. The topological polar surface area (TPSA) is 84.8 Å². The summed E-state index contributed by atoms with van der Waals surface area (Å²) in [6, 6.07) is 10.3. The number of aromatic nitrogens is 3. The number of hydrogen-bond acceptors (Lipinski definition) is 5. The van der Waals surface area contributed by atoms with Crippen molar-refractivity contribution in [2.45, 2.75) is 24.7 Å². The summed E-state index contributed by atoms with van der Waals surface area (Å²) in [6.07, 6.45) is 6.38. The van der Waals surface area contributed by atoms with Crippen LogP contribution in [0.1, 0.15) is 25.3 Å². The van der Waals surface area contributed by atoms with Crippen LogP contribution >= 0.6 is 0 Å². The molecule has 0 unspecified atom stereocenters. The van der Waals surface area contributed by atoms with Crippen molar-refractivity contribution in [2.75, 3.05) is 4.72 Å². The van der Waals surface area contributed by atoms with E-state index < -0.39 is 10.0 Å². The Morgan fingerprint density at radius 3 is 2.36 bits per heavy atom. The summed E-state index contributed by atoms with van der Waals surface area (Å²) in [6.45, 7) is 4.04. The molecule has 6 nitrogen and oxygen atoms in total. The monoisotopic (exact) mass is 354 g/mol. The SMILES string of the molecule is CC(C)c1cccc(S(=O)(=O)Nc2ccc(-c3cncnc3)cn2)c1. The van der Waals surface area contributed by atoms with Crippen molar-refractivity contribution in [3.63, 3.8) is 0 Å². The fourth-order valence-electron chi connectivity index (χ4n) is 2.31. The van der Waals surface area contributed by atoms with Gasteiger partial charge in [0.15, 0.2) is 0 Å². The second kappa shape index (κ2) is 6.98. The summed E-state index contributed by atoms with van der Waals surface area (Å²) >= 11 is 0. The number of nitrogens with one attached hydrogen (secondary N) is 1. The van der Waals surface area contributed by atoms with Crippen molar-refractivity contribution in [1.29, 1.82) is 0 Å². The van der Waals surface area contributed by atoms with Gasteiger partial charge in [-0.2, -0.15) is 0 Å². The Kier molecular flexibility index (Phi) is 4.76. The van der Waals surface area contributed by atoms with E-state index in [1.165, 1.54) is 6.33 Å². The Balaban J connectivity index is 1.83. The van der Waals surface area contributed by atoms with E-state index in [1.54, 1.807) is 48.9 Å². The molecule has 0 fully saturated rings. The largest absolute Gasteiger partial charge is 0.263 e.